The third-order valence-corrected chi connectivity index (χ3v) is 3.31. The minimum absolute atomic E-state index is 0.0916. The minimum atomic E-state index is 0.0916. The lowest BCUT2D eigenvalue weighted by Crippen LogP contribution is -2.06. The largest absolute Gasteiger partial charge is 0.493 e. The smallest absolute Gasteiger partial charge is 0.161 e. The highest BCUT2D eigenvalue weighted by Gasteiger charge is 2.11. The average molecular weight is 297 g/mol. The molecule has 0 spiro atoms. The molecule has 0 aliphatic rings. The second-order valence-electron chi connectivity index (χ2n) is 5.39. The summed E-state index contributed by atoms with van der Waals surface area (Å²) in [7, 11) is 1.63. The van der Waals surface area contributed by atoms with Gasteiger partial charge in [-0.2, -0.15) is 0 Å². The van der Waals surface area contributed by atoms with E-state index < -0.39 is 0 Å². The van der Waals surface area contributed by atoms with Gasteiger partial charge in [-0.15, -0.1) is 0 Å². The number of nitrogen functional groups attached to an aromatic ring is 1. The second kappa shape index (κ2) is 5.60. The van der Waals surface area contributed by atoms with Gasteiger partial charge < -0.3 is 20.2 Å². The fraction of sp³-hybridized carbons (Fsp3) is 0.235. The Labute approximate surface area is 129 Å². The van der Waals surface area contributed by atoms with Gasteiger partial charge in [0, 0.05) is 11.3 Å². The Morgan fingerprint density at radius 3 is 2.64 bits per heavy atom. The van der Waals surface area contributed by atoms with Crippen LogP contribution in [0.5, 0.6) is 11.5 Å². The van der Waals surface area contributed by atoms with Crippen molar-refractivity contribution < 1.29 is 9.47 Å². The van der Waals surface area contributed by atoms with E-state index >= 15 is 0 Å². The van der Waals surface area contributed by atoms with Gasteiger partial charge in [-0.25, -0.2) is 4.98 Å². The second-order valence-corrected chi connectivity index (χ2v) is 5.39. The highest BCUT2D eigenvalue weighted by Crippen LogP contribution is 2.33. The number of hydrogen-bond acceptors (Lipinski definition) is 4. The number of methoxy groups -OCH3 is 1. The summed E-state index contributed by atoms with van der Waals surface area (Å²) in [5, 5.41) is 0. The van der Waals surface area contributed by atoms with Crippen LogP contribution >= 0.6 is 0 Å². The van der Waals surface area contributed by atoms with Crippen molar-refractivity contribution in [2.75, 3.05) is 12.8 Å². The lowest BCUT2D eigenvalue weighted by atomic mass is 10.2. The molecule has 22 heavy (non-hydrogen) atoms. The molecule has 0 radical (unpaired) electrons. The summed E-state index contributed by atoms with van der Waals surface area (Å²) in [5.74, 6) is 2.18. The number of nitrogens with zero attached hydrogens (tertiary/aromatic N) is 1. The number of fused-ring (bicyclic) bond motifs is 1. The monoisotopic (exact) mass is 297 g/mol. The predicted octanol–water partition coefficient (Wildman–Crippen LogP) is 3.61. The fourth-order valence-electron chi connectivity index (χ4n) is 2.33. The molecule has 0 bridgehead atoms. The summed E-state index contributed by atoms with van der Waals surface area (Å²) >= 11 is 0. The summed E-state index contributed by atoms with van der Waals surface area (Å²) in [5.41, 5.74) is 9.24. The van der Waals surface area contributed by atoms with Gasteiger partial charge in [0.25, 0.3) is 0 Å². The van der Waals surface area contributed by atoms with Crippen LogP contribution in [0.1, 0.15) is 13.8 Å². The van der Waals surface area contributed by atoms with Crippen molar-refractivity contribution in [3.05, 3.63) is 36.4 Å². The molecule has 0 aliphatic heterocycles. The molecule has 0 saturated heterocycles. The molecule has 5 nitrogen and oxygen atoms in total. The van der Waals surface area contributed by atoms with Crippen LogP contribution in [-0.2, 0) is 0 Å². The maximum atomic E-state index is 5.80. The number of aromatic nitrogens is 2. The van der Waals surface area contributed by atoms with Crippen LogP contribution in [0.25, 0.3) is 22.4 Å². The van der Waals surface area contributed by atoms with Gasteiger partial charge in [-0.05, 0) is 50.2 Å². The number of nitrogens with one attached hydrogen (secondary N) is 1. The lowest BCUT2D eigenvalue weighted by molar-refractivity contribution is 0.230. The van der Waals surface area contributed by atoms with E-state index in [0.29, 0.717) is 11.4 Å². The first-order valence-electron chi connectivity index (χ1n) is 7.17. The molecule has 5 heteroatoms. The molecule has 0 aliphatic carbocycles. The molecule has 1 aromatic heterocycles. The van der Waals surface area contributed by atoms with Gasteiger partial charge in [0.1, 0.15) is 5.82 Å². The summed E-state index contributed by atoms with van der Waals surface area (Å²) in [6.07, 6.45) is 0.0916. The first-order valence-corrected chi connectivity index (χ1v) is 7.17. The maximum absolute atomic E-state index is 5.80. The number of ether oxygens (including phenoxy) is 2. The number of imidazole rings is 1. The van der Waals surface area contributed by atoms with Crippen molar-refractivity contribution in [2.24, 2.45) is 0 Å². The number of hydrogen-bond donors (Lipinski definition) is 2. The van der Waals surface area contributed by atoms with E-state index in [1.165, 1.54) is 0 Å². The molecule has 0 saturated carbocycles. The van der Waals surface area contributed by atoms with E-state index in [0.717, 1.165) is 28.2 Å². The molecular formula is C17H19N3O2. The van der Waals surface area contributed by atoms with Crippen molar-refractivity contribution in [3.8, 4) is 22.9 Å². The quantitative estimate of drug-likeness (QED) is 0.721. The molecule has 0 atom stereocenters. The SMILES string of the molecule is COc1cc(-c2nc3ccc(N)cc3[nH]2)ccc1OC(C)C. The molecule has 3 rings (SSSR count). The Kier molecular flexibility index (Phi) is 3.63. The molecule has 1 heterocycles. The normalized spacial score (nSPS) is 11.1. The molecule has 0 amide bonds. The van der Waals surface area contributed by atoms with Gasteiger partial charge in [0.05, 0.1) is 24.2 Å². The van der Waals surface area contributed by atoms with Crippen molar-refractivity contribution in [1.82, 2.24) is 9.97 Å². The predicted molar refractivity (Wildman–Crippen MR) is 88.3 cm³/mol. The van der Waals surface area contributed by atoms with Crippen LogP contribution in [0.15, 0.2) is 36.4 Å². The topological polar surface area (TPSA) is 73.2 Å². The minimum Gasteiger partial charge on any atom is -0.493 e. The summed E-state index contributed by atoms with van der Waals surface area (Å²) in [6.45, 7) is 3.97. The van der Waals surface area contributed by atoms with E-state index in [1.54, 1.807) is 7.11 Å². The van der Waals surface area contributed by atoms with Gasteiger partial charge in [0.15, 0.2) is 11.5 Å². The molecule has 0 fully saturated rings. The third kappa shape index (κ3) is 2.70. The number of rotatable bonds is 4. The third-order valence-electron chi connectivity index (χ3n) is 3.31. The lowest BCUT2D eigenvalue weighted by Gasteiger charge is -2.14. The van der Waals surface area contributed by atoms with Crippen molar-refractivity contribution >= 4 is 16.7 Å². The fourth-order valence-corrected chi connectivity index (χ4v) is 2.33. The van der Waals surface area contributed by atoms with Gasteiger partial charge in [0.2, 0.25) is 0 Å². The van der Waals surface area contributed by atoms with Gasteiger partial charge in [-0.1, -0.05) is 0 Å². The van der Waals surface area contributed by atoms with Gasteiger partial charge >= 0.3 is 0 Å². The van der Waals surface area contributed by atoms with Crippen molar-refractivity contribution in [1.29, 1.82) is 0 Å². The molecule has 2 aromatic carbocycles. The maximum Gasteiger partial charge on any atom is 0.161 e. The zero-order chi connectivity index (χ0) is 15.7. The number of aromatic amines is 1. The van der Waals surface area contributed by atoms with Crippen LogP contribution in [-0.4, -0.2) is 23.2 Å². The number of H-pyrrole nitrogens is 1. The molecule has 0 unspecified atom stereocenters. The molecule has 3 aromatic rings. The van der Waals surface area contributed by atoms with Gasteiger partial charge in [-0.3, -0.25) is 0 Å². The van der Waals surface area contributed by atoms with Crippen LogP contribution in [0.3, 0.4) is 0 Å². The Hall–Kier alpha value is -2.69. The highest BCUT2D eigenvalue weighted by molar-refractivity contribution is 5.82. The molecule has 3 N–H and O–H groups in total. The molecule has 114 valence electrons. The van der Waals surface area contributed by atoms with Crippen molar-refractivity contribution in [2.45, 2.75) is 20.0 Å². The number of benzene rings is 2. The Balaban J connectivity index is 2.02. The summed E-state index contributed by atoms with van der Waals surface area (Å²) < 4.78 is 11.1. The summed E-state index contributed by atoms with van der Waals surface area (Å²) in [6, 6.07) is 11.4. The van der Waals surface area contributed by atoms with Crippen LogP contribution in [0.4, 0.5) is 5.69 Å². The highest BCUT2D eigenvalue weighted by atomic mass is 16.5. The standard InChI is InChI=1S/C17H19N3O2/c1-10(2)22-15-7-4-11(8-16(15)21-3)17-19-13-6-5-12(18)9-14(13)20-17/h4-10H,18H2,1-3H3,(H,19,20). The number of nitrogens with two attached hydrogens (primary N) is 1. The Bertz CT molecular complexity index is 809. The first-order chi connectivity index (χ1) is 10.6. The van der Waals surface area contributed by atoms with E-state index in [4.69, 9.17) is 15.2 Å². The zero-order valence-electron chi connectivity index (χ0n) is 12.9. The summed E-state index contributed by atoms with van der Waals surface area (Å²) in [4.78, 5) is 7.86. The molecular weight excluding hydrogens is 278 g/mol. The van der Waals surface area contributed by atoms with E-state index in [1.807, 2.05) is 50.2 Å². The average Bonchev–Trinajstić information content (AvgIpc) is 2.90. The van der Waals surface area contributed by atoms with Crippen LogP contribution in [0.2, 0.25) is 0 Å². The van der Waals surface area contributed by atoms with E-state index in [-0.39, 0.29) is 6.10 Å². The van der Waals surface area contributed by atoms with Crippen LogP contribution < -0.4 is 15.2 Å². The van der Waals surface area contributed by atoms with Crippen LogP contribution in [0, 0.1) is 0 Å². The van der Waals surface area contributed by atoms with E-state index in [9.17, 15) is 0 Å². The first kappa shape index (κ1) is 14.3. The number of anilines is 1. The van der Waals surface area contributed by atoms with E-state index in [2.05, 4.69) is 9.97 Å². The zero-order valence-corrected chi connectivity index (χ0v) is 12.9. The Morgan fingerprint density at radius 1 is 1.09 bits per heavy atom. The van der Waals surface area contributed by atoms with Crippen molar-refractivity contribution in [3.63, 3.8) is 0 Å². The Morgan fingerprint density at radius 2 is 1.91 bits per heavy atom.